The number of aromatic carboxylic acids is 1. The monoisotopic (exact) mass is 229 g/mol. The van der Waals surface area contributed by atoms with Crippen LogP contribution in [0.1, 0.15) is 23.0 Å². The molecule has 6 heteroatoms. The van der Waals surface area contributed by atoms with Gasteiger partial charge in [-0.25, -0.2) is 4.79 Å². The average Bonchev–Trinajstić information content (AvgIpc) is 2.61. The summed E-state index contributed by atoms with van der Waals surface area (Å²) in [6.45, 7) is 1.74. The average molecular weight is 229 g/mol. The summed E-state index contributed by atoms with van der Waals surface area (Å²) in [6.07, 6.45) is -0.373. The maximum absolute atomic E-state index is 10.9. The topological polar surface area (TPSA) is 89.6 Å². The van der Waals surface area contributed by atoms with Gasteiger partial charge in [-0.3, -0.25) is 4.79 Å². The molecular formula is C9H11NO4S. The molecule has 0 saturated carbocycles. The van der Waals surface area contributed by atoms with Crippen LogP contribution in [0.25, 0.3) is 0 Å². The molecule has 0 spiro atoms. The molecule has 0 fully saturated rings. The van der Waals surface area contributed by atoms with Gasteiger partial charge in [-0.2, -0.15) is 0 Å². The van der Waals surface area contributed by atoms with Crippen molar-refractivity contribution in [2.24, 2.45) is 5.73 Å². The molecule has 1 aromatic heterocycles. The summed E-state index contributed by atoms with van der Waals surface area (Å²) in [6, 6.07) is 1.51. The molecule has 1 atom stereocenters. The quantitative estimate of drug-likeness (QED) is 0.790. The Morgan fingerprint density at radius 3 is 2.80 bits per heavy atom. The minimum absolute atomic E-state index is 0.0784. The van der Waals surface area contributed by atoms with E-state index in [4.69, 9.17) is 15.6 Å². The van der Waals surface area contributed by atoms with Crippen LogP contribution in [0.3, 0.4) is 0 Å². The van der Waals surface area contributed by atoms with Gasteiger partial charge in [-0.1, -0.05) is 6.92 Å². The number of amides is 1. The number of carbonyl (C=O) groups excluding carboxylic acids is 1. The lowest BCUT2D eigenvalue weighted by molar-refractivity contribution is -0.124. The maximum atomic E-state index is 10.9. The Bertz CT molecular complexity index is 374. The number of carboxylic acids is 1. The number of carbonyl (C=O) groups is 2. The van der Waals surface area contributed by atoms with Gasteiger partial charge in [0.2, 0.25) is 0 Å². The Labute approximate surface area is 90.5 Å². The highest BCUT2D eigenvalue weighted by molar-refractivity contribution is 7.12. The third-order valence-electron chi connectivity index (χ3n) is 1.78. The zero-order valence-corrected chi connectivity index (χ0v) is 8.91. The standard InChI is InChI=1S/C9H11NO4S/c1-2-5(8(10)11)14-6-3-4-15-7(6)9(12)13/h3-5H,2H2,1H3,(H2,10,11)(H,12,13). The van der Waals surface area contributed by atoms with Gasteiger partial charge in [0.15, 0.2) is 11.0 Å². The largest absolute Gasteiger partial charge is 0.479 e. The third-order valence-corrected chi connectivity index (χ3v) is 2.66. The number of hydrogen-bond donors (Lipinski definition) is 2. The van der Waals surface area contributed by atoms with Crippen molar-refractivity contribution < 1.29 is 19.4 Å². The summed E-state index contributed by atoms with van der Waals surface area (Å²) in [5, 5.41) is 10.4. The second-order valence-corrected chi connectivity index (χ2v) is 3.75. The molecule has 3 N–H and O–H groups in total. The minimum atomic E-state index is -1.07. The zero-order valence-electron chi connectivity index (χ0n) is 8.10. The van der Waals surface area contributed by atoms with E-state index in [9.17, 15) is 9.59 Å². The van der Waals surface area contributed by atoms with Gasteiger partial charge in [0.25, 0.3) is 5.91 Å². The molecule has 0 aliphatic heterocycles. The van der Waals surface area contributed by atoms with Gasteiger partial charge in [0, 0.05) is 0 Å². The zero-order chi connectivity index (χ0) is 11.4. The van der Waals surface area contributed by atoms with Crippen LogP contribution >= 0.6 is 11.3 Å². The van der Waals surface area contributed by atoms with E-state index < -0.39 is 18.0 Å². The molecule has 1 unspecified atom stereocenters. The first kappa shape index (κ1) is 11.5. The molecule has 82 valence electrons. The lowest BCUT2D eigenvalue weighted by Crippen LogP contribution is -2.33. The van der Waals surface area contributed by atoms with Gasteiger partial charge in [0.1, 0.15) is 5.75 Å². The van der Waals surface area contributed by atoms with Gasteiger partial charge < -0.3 is 15.6 Å². The number of carboxylic acid groups (broad SMARTS) is 1. The highest BCUT2D eigenvalue weighted by atomic mass is 32.1. The molecule has 1 aromatic rings. The normalized spacial score (nSPS) is 12.1. The van der Waals surface area contributed by atoms with E-state index in [2.05, 4.69) is 0 Å². The molecule has 0 bridgehead atoms. The number of ether oxygens (including phenoxy) is 1. The Morgan fingerprint density at radius 1 is 1.67 bits per heavy atom. The number of rotatable bonds is 5. The van der Waals surface area contributed by atoms with Crippen molar-refractivity contribution in [1.82, 2.24) is 0 Å². The van der Waals surface area contributed by atoms with E-state index in [1.165, 1.54) is 6.07 Å². The molecule has 1 heterocycles. The smallest absolute Gasteiger partial charge is 0.349 e. The van der Waals surface area contributed by atoms with Crippen molar-refractivity contribution in [1.29, 1.82) is 0 Å². The summed E-state index contributed by atoms with van der Waals surface area (Å²) in [5.74, 6) is -1.47. The van der Waals surface area contributed by atoms with Crippen molar-refractivity contribution in [3.8, 4) is 5.75 Å². The van der Waals surface area contributed by atoms with Crippen molar-refractivity contribution in [3.63, 3.8) is 0 Å². The first-order valence-electron chi connectivity index (χ1n) is 4.33. The molecule has 5 nitrogen and oxygen atoms in total. The Morgan fingerprint density at radius 2 is 2.33 bits per heavy atom. The van der Waals surface area contributed by atoms with Crippen molar-refractivity contribution in [2.45, 2.75) is 19.4 Å². The minimum Gasteiger partial charge on any atom is -0.479 e. The first-order chi connectivity index (χ1) is 7.06. The van der Waals surface area contributed by atoms with Gasteiger partial charge in [-0.05, 0) is 17.9 Å². The van der Waals surface area contributed by atoms with Crippen LogP contribution in [0.15, 0.2) is 11.4 Å². The fraction of sp³-hybridized carbons (Fsp3) is 0.333. The number of thiophene rings is 1. The Balaban J connectivity index is 2.83. The second kappa shape index (κ2) is 4.79. The molecule has 0 saturated heterocycles. The molecule has 15 heavy (non-hydrogen) atoms. The number of nitrogens with two attached hydrogens (primary N) is 1. The SMILES string of the molecule is CCC(Oc1ccsc1C(=O)O)C(N)=O. The first-order valence-corrected chi connectivity index (χ1v) is 5.21. The second-order valence-electron chi connectivity index (χ2n) is 2.84. The van der Waals surface area contributed by atoms with E-state index in [1.54, 1.807) is 12.3 Å². The predicted octanol–water partition coefficient (Wildman–Crippen LogP) is 1.09. The molecule has 0 aromatic carbocycles. The van der Waals surface area contributed by atoms with E-state index in [0.717, 1.165) is 11.3 Å². The molecule has 1 rings (SSSR count). The number of primary amides is 1. The van der Waals surface area contributed by atoms with Crippen LogP contribution in [0.5, 0.6) is 5.75 Å². The lowest BCUT2D eigenvalue weighted by atomic mass is 10.2. The van der Waals surface area contributed by atoms with Crippen LogP contribution in [0.4, 0.5) is 0 Å². The number of hydrogen-bond acceptors (Lipinski definition) is 4. The van der Waals surface area contributed by atoms with Crippen LogP contribution < -0.4 is 10.5 Å². The lowest BCUT2D eigenvalue weighted by Gasteiger charge is -2.13. The van der Waals surface area contributed by atoms with Crippen LogP contribution in [-0.4, -0.2) is 23.1 Å². The van der Waals surface area contributed by atoms with E-state index in [-0.39, 0.29) is 10.6 Å². The van der Waals surface area contributed by atoms with Crippen LogP contribution in [0.2, 0.25) is 0 Å². The summed E-state index contributed by atoms with van der Waals surface area (Å²) in [4.78, 5) is 21.7. The fourth-order valence-corrected chi connectivity index (χ4v) is 1.70. The molecule has 0 radical (unpaired) electrons. The summed E-state index contributed by atoms with van der Waals surface area (Å²) in [7, 11) is 0. The summed E-state index contributed by atoms with van der Waals surface area (Å²) in [5.41, 5.74) is 5.08. The van der Waals surface area contributed by atoms with Crippen molar-refractivity contribution in [2.75, 3.05) is 0 Å². The predicted molar refractivity (Wildman–Crippen MR) is 55.2 cm³/mol. The van der Waals surface area contributed by atoms with Gasteiger partial charge in [-0.15, -0.1) is 11.3 Å². The molecule has 0 aliphatic carbocycles. The Kier molecular flexibility index (Phi) is 3.68. The molecular weight excluding hydrogens is 218 g/mol. The maximum Gasteiger partial charge on any atom is 0.349 e. The third kappa shape index (κ3) is 2.69. The molecule has 1 amide bonds. The van der Waals surface area contributed by atoms with Crippen molar-refractivity contribution >= 4 is 23.2 Å². The molecule has 0 aliphatic rings. The Hall–Kier alpha value is -1.56. The van der Waals surface area contributed by atoms with E-state index in [0.29, 0.717) is 6.42 Å². The van der Waals surface area contributed by atoms with Crippen molar-refractivity contribution in [3.05, 3.63) is 16.3 Å². The van der Waals surface area contributed by atoms with Crippen LogP contribution in [-0.2, 0) is 4.79 Å². The van der Waals surface area contributed by atoms with Crippen LogP contribution in [0, 0.1) is 0 Å². The summed E-state index contributed by atoms with van der Waals surface area (Å²) < 4.78 is 5.21. The fourth-order valence-electron chi connectivity index (χ4n) is 1.04. The van der Waals surface area contributed by atoms with E-state index in [1.807, 2.05) is 0 Å². The van der Waals surface area contributed by atoms with E-state index >= 15 is 0 Å². The van der Waals surface area contributed by atoms with Gasteiger partial charge in [0.05, 0.1) is 0 Å². The highest BCUT2D eigenvalue weighted by Gasteiger charge is 2.19. The summed E-state index contributed by atoms with van der Waals surface area (Å²) >= 11 is 1.05. The highest BCUT2D eigenvalue weighted by Crippen LogP contribution is 2.26. The van der Waals surface area contributed by atoms with Gasteiger partial charge >= 0.3 is 5.97 Å².